The number of carbonyl (C=O) groups is 4. The highest BCUT2D eigenvalue weighted by atomic mass is 16.6. The summed E-state index contributed by atoms with van der Waals surface area (Å²) in [5.74, 6) is -1.07. The second kappa shape index (κ2) is 8.90. The van der Waals surface area contributed by atoms with Crippen LogP contribution in [-0.2, 0) is 28.7 Å². The van der Waals surface area contributed by atoms with E-state index in [-0.39, 0.29) is 53.8 Å². The summed E-state index contributed by atoms with van der Waals surface area (Å²) in [6.07, 6.45) is 7.00. The fourth-order valence-corrected chi connectivity index (χ4v) is 8.10. The minimum atomic E-state index is -1.36. The zero-order chi connectivity index (χ0) is 25.8. The van der Waals surface area contributed by atoms with Gasteiger partial charge in [-0.3, -0.25) is 19.2 Å². The van der Waals surface area contributed by atoms with E-state index < -0.39 is 35.0 Å². The molecule has 35 heavy (non-hydrogen) atoms. The molecule has 0 aliphatic heterocycles. The first-order valence-corrected chi connectivity index (χ1v) is 13.0. The molecule has 3 saturated carbocycles. The van der Waals surface area contributed by atoms with E-state index in [0.717, 1.165) is 18.4 Å². The normalized spacial score (nSPS) is 40.0. The van der Waals surface area contributed by atoms with Crippen LogP contribution in [0.15, 0.2) is 23.5 Å². The van der Waals surface area contributed by atoms with Crippen LogP contribution < -0.4 is 0 Å². The molecule has 0 radical (unpaired) electrons. The Hall–Kier alpha value is -2.44. The third-order valence-electron chi connectivity index (χ3n) is 9.89. The van der Waals surface area contributed by atoms with Crippen molar-refractivity contribution in [2.24, 2.45) is 34.5 Å². The van der Waals surface area contributed by atoms with E-state index in [1.807, 2.05) is 13.8 Å². The molecule has 4 aliphatic rings. The van der Waals surface area contributed by atoms with E-state index in [9.17, 15) is 24.3 Å². The molecular weight excluding hydrogens is 448 g/mol. The summed E-state index contributed by atoms with van der Waals surface area (Å²) in [5, 5.41) is 10.9. The summed E-state index contributed by atoms with van der Waals surface area (Å²) < 4.78 is 11.3. The summed E-state index contributed by atoms with van der Waals surface area (Å²) in [6.45, 7) is 9.05. The average molecular weight is 487 g/mol. The molecule has 4 rings (SSSR count). The van der Waals surface area contributed by atoms with Crippen LogP contribution in [0.1, 0.15) is 79.6 Å². The number of allylic oxidation sites excluding steroid dienone is 3. The van der Waals surface area contributed by atoms with Gasteiger partial charge in [-0.2, -0.15) is 0 Å². The highest BCUT2D eigenvalue weighted by molar-refractivity contribution is 6.01. The molecule has 0 amide bonds. The van der Waals surface area contributed by atoms with Crippen molar-refractivity contribution in [1.82, 2.24) is 0 Å². The number of aliphatic hydroxyl groups excluding tert-OH is 1. The van der Waals surface area contributed by atoms with Gasteiger partial charge in [0, 0.05) is 35.7 Å². The van der Waals surface area contributed by atoms with E-state index >= 15 is 0 Å². The number of esters is 2. The molecule has 0 saturated heterocycles. The molecule has 1 N–H and O–H groups in total. The van der Waals surface area contributed by atoms with E-state index in [4.69, 9.17) is 9.47 Å². The van der Waals surface area contributed by atoms with Gasteiger partial charge in [0.05, 0.1) is 0 Å². The molecular formula is C28H38O7. The molecule has 0 aromatic carbocycles. The molecule has 0 heterocycles. The molecule has 0 bridgehead atoms. The summed E-state index contributed by atoms with van der Waals surface area (Å²) in [4.78, 5) is 50.4. The van der Waals surface area contributed by atoms with E-state index in [2.05, 4.69) is 6.92 Å². The quantitative estimate of drug-likeness (QED) is 0.545. The molecule has 0 aromatic rings. The van der Waals surface area contributed by atoms with Crippen LogP contribution in [0.4, 0.5) is 0 Å². The van der Waals surface area contributed by atoms with Crippen molar-refractivity contribution in [3.8, 4) is 0 Å². The maximum absolute atomic E-state index is 13.8. The molecule has 3 fully saturated rings. The van der Waals surface area contributed by atoms with Crippen LogP contribution in [0.5, 0.6) is 0 Å². The van der Waals surface area contributed by atoms with Gasteiger partial charge in [-0.1, -0.05) is 33.3 Å². The molecule has 4 aliphatic carbocycles. The number of hydrogen-bond acceptors (Lipinski definition) is 7. The molecule has 1 unspecified atom stereocenters. The minimum Gasteiger partial charge on any atom is -0.511 e. The number of rotatable bonds is 6. The second-order valence-electron chi connectivity index (χ2n) is 11.3. The van der Waals surface area contributed by atoms with E-state index in [1.54, 1.807) is 19.9 Å². The average Bonchev–Trinajstić information content (AvgIpc) is 3.05. The molecule has 192 valence electrons. The number of Topliss-reactive ketones (excluding diaryl/α,β-unsaturated/α-hetero) is 1. The van der Waals surface area contributed by atoms with Crippen molar-refractivity contribution in [2.45, 2.75) is 85.2 Å². The first-order valence-electron chi connectivity index (χ1n) is 13.0. The lowest BCUT2D eigenvalue weighted by molar-refractivity contribution is -0.197. The number of fused-ring (bicyclic) bond motifs is 5. The van der Waals surface area contributed by atoms with Gasteiger partial charge in [0.2, 0.25) is 5.78 Å². The van der Waals surface area contributed by atoms with E-state index in [1.165, 1.54) is 6.08 Å². The van der Waals surface area contributed by atoms with Gasteiger partial charge < -0.3 is 14.6 Å². The van der Waals surface area contributed by atoms with Crippen molar-refractivity contribution in [1.29, 1.82) is 0 Å². The highest BCUT2D eigenvalue weighted by Crippen LogP contribution is 2.69. The first-order chi connectivity index (χ1) is 16.4. The zero-order valence-corrected chi connectivity index (χ0v) is 21.5. The SMILES string of the molecule is CCC(=O)OCC(=O)[C@@]1(OC(=O)CC)C(C)C[C@H]2[C@@H]3CCC4=CC(=O)C=C(O)[C@]4(C)[C@H]3CC[C@@]21C. The smallest absolute Gasteiger partial charge is 0.306 e. The van der Waals surface area contributed by atoms with Gasteiger partial charge in [0.25, 0.3) is 0 Å². The standard InChI is InChI=1S/C28H38O7/c1-6-24(32)34-15-23(31)28(35-25(33)7-2)16(3)12-21-19-9-8-17-13-18(29)14-22(30)27(17,5)20(19)10-11-26(21,28)4/h13-14,16,19-21,30H,6-12,15H2,1-5H3/t16?,19-,20+,21+,26+,27+,28+/m1/s1. The first kappa shape index (κ1) is 25.6. The van der Waals surface area contributed by atoms with Crippen molar-refractivity contribution < 1.29 is 33.8 Å². The number of aliphatic hydroxyl groups is 1. The predicted molar refractivity (Wildman–Crippen MR) is 128 cm³/mol. The monoisotopic (exact) mass is 486 g/mol. The summed E-state index contributed by atoms with van der Waals surface area (Å²) in [6, 6.07) is 0. The van der Waals surface area contributed by atoms with Crippen LogP contribution in [0, 0.1) is 34.5 Å². The van der Waals surface area contributed by atoms with E-state index in [0.29, 0.717) is 19.3 Å². The third kappa shape index (κ3) is 3.60. The van der Waals surface area contributed by atoms with Gasteiger partial charge in [-0.25, -0.2) is 0 Å². The van der Waals surface area contributed by atoms with Crippen LogP contribution in [0.2, 0.25) is 0 Å². The number of ether oxygens (including phenoxy) is 2. The van der Waals surface area contributed by atoms with Gasteiger partial charge in [0.1, 0.15) is 5.76 Å². The van der Waals surface area contributed by atoms with Gasteiger partial charge in [-0.05, 0) is 62.9 Å². The molecule has 7 heteroatoms. The summed E-state index contributed by atoms with van der Waals surface area (Å²) >= 11 is 0. The summed E-state index contributed by atoms with van der Waals surface area (Å²) in [5.41, 5.74) is -1.57. The van der Waals surface area contributed by atoms with Gasteiger partial charge >= 0.3 is 11.9 Å². The molecule has 0 aromatic heterocycles. The Morgan fingerprint density at radius 2 is 1.74 bits per heavy atom. The Morgan fingerprint density at radius 3 is 2.40 bits per heavy atom. The Bertz CT molecular complexity index is 1010. The van der Waals surface area contributed by atoms with Crippen LogP contribution >= 0.6 is 0 Å². The van der Waals surface area contributed by atoms with Gasteiger partial charge in [-0.15, -0.1) is 0 Å². The van der Waals surface area contributed by atoms with Crippen LogP contribution in [-0.4, -0.2) is 40.8 Å². The Kier molecular flexibility index (Phi) is 6.52. The van der Waals surface area contributed by atoms with Crippen molar-refractivity contribution in [2.75, 3.05) is 6.61 Å². The van der Waals surface area contributed by atoms with Crippen LogP contribution in [0.25, 0.3) is 0 Å². The maximum atomic E-state index is 13.8. The number of carbonyl (C=O) groups excluding carboxylic acids is 4. The van der Waals surface area contributed by atoms with Gasteiger partial charge in [0.15, 0.2) is 18.0 Å². The van der Waals surface area contributed by atoms with Crippen molar-refractivity contribution in [3.05, 3.63) is 23.5 Å². The fraction of sp³-hybridized carbons (Fsp3) is 0.714. The molecule has 0 spiro atoms. The fourth-order valence-electron chi connectivity index (χ4n) is 8.10. The Morgan fingerprint density at radius 1 is 1.06 bits per heavy atom. The number of hydrogen-bond donors (Lipinski definition) is 1. The second-order valence-corrected chi connectivity index (χ2v) is 11.3. The topological polar surface area (TPSA) is 107 Å². The van der Waals surface area contributed by atoms with Crippen molar-refractivity contribution in [3.63, 3.8) is 0 Å². The zero-order valence-electron chi connectivity index (χ0n) is 21.5. The maximum Gasteiger partial charge on any atom is 0.306 e. The summed E-state index contributed by atoms with van der Waals surface area (Å²) in [7, 11) is 0. The molecule has 7 nitrogen and oxygen atoms in total. The third-order valence-corrected chi connectivity index (χ3v) is 9.89. The number of ketones is 2. The lowest BCUT2D eigenvalue weighted by atomic mass is 9.46. The molecule has 7 atom stereocenters. The Balaban J connectivity index is 1.73. The van der Waals surface area contributed by atoms with Crippen molar-refractivity contribution >= 4 is 23.5 Å². The lowest BCUT2D eigenvalue weighted by Crippen LogP contribution is -2.61. The van der Waals surface area contributed by atoms with Crippen LogP contribution in [0.3, 0.4) is 0 Å². The predicted octanol–water partition coefficient (Wildman–Crippen LogP) is 4.64. The Labute approximate surface area is 207 Å². The lowest BCUT2D eigenvalue weighted by Gasteiger charge is -2.58. The highest BCUT2D eigenvalue weighted by Gasteiger charge is 2.71. The largest absolute Gasteiger partial charge is 0.511 e. The minimum absolute atomic E-state index is 0.0931.